The molecule has 0 aliphatic rings. The number of aryl methyl sites for hydroxylation is 1. The van der Waals surface area contributed by atoms with Crippen molar-refractivity contribution in [3.63, 3.8) is 0 Å². The highest BCUT2D eigenvalue weighted by atomic mass is 32.2. The van der Waals surface area contributed by atoms with E-state index in [4.69, 9.17) is 14.6 Å². The van der Waals surface area contributed by atoms with Gasteiger partial charge in [0.25, 0.3) is 0 Å². The molecular formula is C26H24F3NO5S. The number of halogens is 3. The van der Waals surface area contributed by atoms with E-state index in [1.165, 1.54) is 23.9 Å². The van der Waals surface area contributed by atoms with E-state index in [1.807, 2.05) is 6.92 Å². The van der Waals surface area contributed by atoms with Gasteiger partial charge in [-0.1, -0.05) is 30.3 Å². The zero-order valence-electron chi connectivity index (χ0n) is 19.5. The van der Waals surface area contributed by atoms with Gasteiger partial charge in [-0.05, 0) is 43.7 Å². The largest absolute Gasteiger partial charge is 0.493 e. The Morgan fingerprint density at radius 1 is 1.11 bits per heavy atom. The van der Waals surface area contributed by atoms with Gasteiger partial charge in [0.05, 0.1) is 23.5 Å². The maximum atomic E-state index is 13.3. The van der Waals surface area contributed by atoms with Crippen molar-refractivity contribution in [2.75, 3.05) is 12.4 Å². The van der Waals surface area contributed by atoms with E-state index in [0.29, 0.717) is 18.4 Å². The lowest BCUT2D eigenvalue weighted by molar-refractivity contribution is -0.138. The number of hydrogen-bond donors (Lipinski definition) is 1. The fraction of sp³-hybridized carbons (Fsp3) is 0.269. The highest BCUT2D eigenvalue weighted by Crippen LogP contribution is 2.32. The summed E-state index contributed by atoms with van der Waals surface area (Å²) in [5, 5.41) is 8.82. The zero-order valence-corrected chi connectivity index (χ0v) is 20.4. The lowest BCUT2D eigenvalue weighted by Gasteiger charge is -2.18. The summed E-state index contributed by atoms with van der Waals surface area (Å²) >= 11 is 1.22. The van der Waals surface area contributed by atoms with Gasteiger partial charge in [-0.15, -0.1) is 11.8 Å². The topological polar surface area (TPSA) is 85.7 Å². The number of aliphatic carboxylic acids is 1. The third kappa shape index (κ3) is 7.48. The summed E-state index contributed by atoms with van der Waals surface area (Å²) in [5.74, 6) is -1.15. The molecule has 0 unspecified atom stereocenters. The van der Waals surface area contributed by atoms with Gasteiger partial charge in [0.2, 0.25) is 5.88 Å². The maximum absolute atomic E-state index is 13.3. The van der Waals surface area contributed by atoms with Crippen LogP contribution >= 0.6 is 11.8 Å². The molecule has 3 rings (SSSR count). The molecule has 36 heavy (non-hydrogen) atoms. The van der Waals surface area contributed by atoms with Crippen LogP contribution in [0, 0.1) is 6.92 Å². The SMILES string of the molecule is Cc1cc(OCC[C@@H](C)Oc2ncc(C(F)(F)F)cc2C(=O)c2ccccc2)ccc1SCC(=O)O. The number of benzene rings is 2. The number of thioether (sulfide) groups is 1. The lowest BCUT2D eigenvalue weighted by Crippen LogP contribution is -2.19. The molecule has 1 N–H and O–H groups in total. The molecule has 3 aromatic rings. The molecule has 6 nitrogen and oxygen atoms in total. The zero-order chi connectivity index (χ0) is 26.3. The number of aromatic nitrogens is 1. The molecule has 0 aliphatic heterocycles. The van der Waals surface area contributed by atoms with Crippen LogP contribution in [0.15, 0.2) is 65.7 Å². The highest BCUT2D eigenvalue weighted by molar-refractivity contribution is 8.00. The molecule has 190 valence electrons. The summed E-state index contributed by atoms with van der Waals surface area (Å²) < 4.78 is 51.3. The first-order valence-corrected chi connectivity index (χ1v) is 11.9. The summed E-state index contributed by atoms with van der Waals surface area (Å²) in [6.07, 6.45) is -4.15. The van der Waals surface area contributed by atoms with E-state index in [9.17, 15) is 22.8 Å². The Morgan fingerprint density at radius 3 is 2.47 bits per heavy atom. The summed E-state index contributed by atoms with van der Waals surface area (Å²) in [5.41, 5.74) is -0.208. The number of ether oxygens (including phenoxy) is 2. The second-order valence-electron chi connectivity index (χ2n) is 7.94. The number of ketones is 1. The molecule has 1 heterocycles. The van der Waals surface area contributed by atoms with Gasteiger partial charge in [0, 0.05) is 23.1 Å². The Bertz CT molecular complexity index is 1220. The number of carboxylic acids is 1. The maximum Gasteiger partial charge on any atom is 0.417 e. The predicted octanol–water partition coefficient (Wildman–Crippen LogP) is 6.05. The van der Waals surface area contributed by atoms with Crippen LogP contribution in [0.2, 0.25) is 0 Å². The van der Waals surface area contributed by atoms with Crippen molar-refractivity contribution < 1.29 is 37.3 Å². The average Bonchev–Trinajstić information content (AvgIpc) is 2.83. The number of hydrogen-bond acceptors (Lipinski definition) is 6. The van der Waals surface area contributed by atoms with Crippen molar-refractivity contribution in [3.05, 3.63) is 83.0 Å². The molecule has 1 aromatic heterocycles. The highest BCUT2D eigenvalue weighted by Gasteiger charge is 2.33. The van der Waals surface area contributed by atoms with Crippen LogP contribution in [0.4, 0.5) is 13.2 Å². The Kier molecular flexibility index (Phi) is 8.98. The van der Waals surface area contributed by atoms with E-state index in [-0.39, 0.29) is 29.4 Å². The summed E-state index contributed by atoms with van der Waals surface area (Å²) in [4.78, 5) is 28.3. The molecule has 1 atom stereocenters. The number of carbonyl (C=O) groups excluding carboxylic acids is 1. The van der Waals surface area contributed by atoms with Crippen molar-refractivity contribution in [2.24, 2.45) is 0 Å². The van der Waals surface area contributed by atoms with Crippen LogP contribution in [-0.4, -0.2) is 40.3 Å². The van der Waals surface area contributed by atoms with Crippen molar-refractivity contribution in [3.8, 4) is 11.6 Å². The van der Waals surface area contributed by atoms with Crippen molar-refractivity contribution >= 4 is 23.5 Å². The fourth-order valence-electron chi connectivity index (χ4n) is 3.21. The Morgan fingerprint density at radius 2 is 1.83 bits per heavy atom. The van der Waals surface area contributed by atoms with E-state index in [0.717, 1.165) is 16.5 Å². The molecule has 0 radical (unpaired) electrons. The van der Waals surface area contributed by atoms with Crippen molar-refractivity contribution in [1.29, 1.82) is 0 Å². The molecular weight excluding hydrogens is 495 g/mol. The number of carbonyl (C=O) groups is 2. The fourth-order valence-corrected chi connectivity index (χ4v) is 3.94. The van der Waals surface area contributed by atoms with Crippen molar-refractivity contribution in [2.45, 2.75) is 37.4 Å². The summed E-state index contributed by atoms with van der Waals surface area (Å²) in [7, 11) is 0. The minimum atomic E-state index is -4.66. The molecule has 0 saturated heterocycles. The number of carboxylic acid groups (broad SMARTS) is 1. The minimum Gasteiger partial charge on any atom is -0.493 e. The van der Waals surface area contributed by atoms with Crippen LogP contribution in [0.3, 0.4) is 0 Å². The van der Waals surface area contributed by atoms with Crippen LogP contribution in [-0.2, 0) is 11.0 Å². The smallest absolute Gasteiger partial charge is 0.417 e. The number of nitrogens with zero attached hydrogens (tertiary/aromatic N) is 1. The third-order valence-electron chi connectivity index (χ3n) is 5.06. The minimum absolute atomic E-state index is 0.0390. The van der Waals surface area contributed by atoms with E-state index >= 15 is 0 Å². The van der Waals surface area contributed by atoms with Gasteiger partial charge in [-0.3, -0.25) is 9.59 Å². The average molecular weight is 520 g/mol. The van der Waals surface area contributed by atoms with Gasteiger partial charge in [-0.2, -0.15) is 13.2 Å². The lowest BCUT2D eigenvalue weighted by atomic mass is 10.0. The van der Waals surface area contributed by atoms with Crippen molar-refractivity contribution in [1.82, 2.24) is 4.98 Å². The normalized spacial score (nSPS) is 12.1. The Balaban J connectivity index is 1.66. The van der Waals surface area contributed by atoms with Crippen LogP contribution in [0.25, 0.3) is 0 Å². The Labute approximate surface area is 210 Å². The first kappa shape index (κ1) is 27.1. The Hall–Kier alpha value is -3.53. The van der Waals surface area contributed by atoms with Gasteiger partial charge in [0.15, 0.2) is 5.78 Å². The number of rotatable bonds is 11. The summed E-state index contributed by atoms with van der Waals surface area (Å²) in [6, 6.07) is 14.0. The number of alkyl halides is 3. The molecule has 0 spiro atoms. The van der Waals surface area contributed by atoms with Gasteiger partial charge in [0.1, 0.15) is 11.9 Å². The van der Waals surface area contributed by atoms with Crippen LogP contribution in [0.5, 0.6) is 11.6 Å². The first-order valence-electron chi connectivity index (χ1n) is 11.0. The molecule has 2 aromatic carbocycles. The molecule has 0 saturated carbocycles. The van der Waals surface area contributed by atoms with E-state index in [2.05, 4.69) is 4.98 Å². The van der Waals surface area contributed by atoms with E-state index in [1.54, 1.807) is 43.3 Å². The third-order valence-corrected chi connectivity index (χ3v) is 6.22. The van der Waals surface area contributed by atoms with Gasteiger partial charge >= 0.3 is 12.1 Å². The van der Waals surface area contributed by atoms with E-state index < -0.39 is 29.6 Å². The molecule has 0 bridgehead atoms. The first-order chi connectivity index (χ1) is 17.0. The van der Waals surface area contributed by atoms with Crippen LogP contribution in [0.1, 0.15) is 40.4 Å². The summed E-state index contributed by atoms with van der Waals surface area (Å²) in [6.45, 7) is 3.80. The molecule has 10 heteroatoms. The monoisotopic (exact) mass is 519 g/mol. The number of pyridine rings is 1. The molecule has 0 aliphatic carbocycles. The standard InChI is InChI=1S/C26H24F3NO5S/c1-16-12-20(8-9-22(16)36-15-23(31)32)34-11-10-17(2)35-25-21(13-19(14-30-25)26(27,28)29)24(33)18-6-4-3-5-7-18/h3-9,12-14,17H,10-11,15H2,1-2H3,(H,31,32)/t17-/m1/s1. The second kappa shape index (κ2) is 11.9. The quantitative estimate of drug-likeness (QED) is 0.244. The molecule has 0 amide bonds. The predicted molar refractivity (Wildman–Crippen MR) is 129 cm³/mol. The van der Waals surface area contributed by atoms with Gasteiger partial charge in [-0.25, -0.2) is 4.98 Å². The van der Waals surface area contributed by atoms with Crippen LogP contribution < -0.4 is 9.47 Å². The second-order valence-corrected chi connectivity index (χ2v) is 8.96. The van der Waals surface area contributed by atoms with Gasteiger partial charge < -0.3 is 14.6 Å². The molecule has 0 fully saturated rings.